The van der Waals surface area contributed by atoms with Crippen molar-refractivity contribution in [3.8, 4) is 0 Å². The van der Waals surface area contributed by atoms with E-state index in [0.717, 1.165) is 18.6 Å². The van der Waals surface area contributed by atoms with Crippen LogP contribution >= 0.6 is 0 Å². The number of rotatable bonds is 4. The Balaban J connectivity index is 2.74. The van der Waals surface area contributed by atoms with Crippen molar-refractivity contribution in [3.63, 3.8) is 0 Å². The molecule has 1 aromatic carbocycles. The molecular weight excluding hydrogens is 215 g/mol. The van der Waals surface area contributed by atoms with Crippen molar-refractivity contribution in [2.75, 3.05) is 5.32 Å². The average Bonchev–Trinajstić information content (AvgIpc) is 2.12. The van der Waals surface area contributed by atoms with Crippen molar-refractivity contribution >= 4 is 5.69 Å². The lowest BCUT2D eigenvalue weighted by Gasteiger charge is -2.17. The Labute approximate surface area is 93.7 Å². The van der Waals surface area contributed by atoms with Crippen LogP contribution in [0.1, 0.15) is 27.2 Å². The molecule has 0 radical (unpaired) electrons. The summed E-state index contributed by atoms with van der Waals surface area (Å²) in [4.78, 5) is 0. The van der Waals surface area contributed by atoms with Crippen LogP contribution in [0.15, 0.2) is 12.1 Å². The van der Waals surface area contributed by atoms with Gasteiger partial charge in [0.1, 0.15) is 0 Å². The van der Waals surface area contributed by atoms with E-state index in [0.29, 0.717) is 5.92 Å². The normalized spacial score (nSPS) is 12.9. The van der Waals surface area contributed by atoms with Crippen LogP contribution in [0.4, 0.5) is 18.9 Å². The number of anilines is 1. The van der Waals surface area contributed by atoms with Crippen LogP contribution in [0.2, 0.25) is 0 Å². The second-order valence-corrected chi connectivity index (χ2v) is 4.43. The van der Waals surface area contributed by atoms with Gasteiger partial charge in [0, 0.05) is 23.9 Å². The highest BCUT2D eigenvalue weighted by molar-refractivity contribution is 5.44. The maximum absolute atomic E-state index is 12.9. The molecule has 0 fully saturated rings. The molecule has 0 saturated heterocycles. The van der Waals surface area contributed by atoms with Gasteiger partial charge >= 0.3 is 0 Å². The topological polar surface area (TPSA) is 12.0 Å². The molecule has 1 N–H and O–H groups in total. The smallest absolute Gasteiger partial charge is 0.194 e. The van der Waals surface area contributed by atoms with Gasteiger partial charge in [-0.1, -0.05) is 13.8 Å². The molecule has 1 rings (SSSR count). The molecule has 1 unspecified atom stereocenters. The largest absolute Gasteiger partial charge is 0.382 e. The molecule has 0 aromatic heterocycles. The van der Waals surface area contributed by atoms with Crippen molar-refractivity contribution < 1.29 is 13.2 Å². The third-order valence-electron chi connectivity index (χ3n) is 2.22. The second kappa shape index (κ2) is 5.23. The van der Waals surface area contributed by atoms with Crippen LogP contribution in [0.3, 0.4) is 0 Å². The highest BCUT2D eigenvalue weighted by Crippen LogP contribution is 2.19. The summed E-state index contributed by atoms with van der Waals surface area (Å²) in [6.45, 7) is 6.03. The lowest BCUT2D eigenvalue weighted by Crippen LogP contribution is -2.17. The second-order valence-electron chi connectivity index (χ2n) is 4.43. The lowest BCUT2D eigenvalue weighted by atomic mass is 10.1. The lowest BCUT2D eigenvalue weighted by molar-refractivity contribution is 0.447. The Kier molecular flexibility index (Phi) is 4.21. The first-order valence-electron chi connectivity index (χ1n) is 5.31. The van der Waals surface area contributed by atoms with E-state index in [-0.39, 0.29) is 11.7 Å². The molecular formula is C12H16F3N. The van der Waals surface area contributed by atoms with Crippen molar-refractivity contribution in [3.05, 3.63) is 29.6 Å². The fourth-order valence-electron chi connectivity index (χ4n) is 1.69. The van der Waals surface area contributed by atoms with E-state index in [1.807, 2.05) is 6.92 Å². The molecule has 1 nitrogen and oxygen atoms in total. The van der Waals surface area contributed by atoms with Gasteiger partial charge in [0.2, 0.25) is 0 Å². The molecule has 1 aromatic rings. The van der Waals surface area contributed by atoms with Crippen LogP contribution < -0.4 is 5.32 Å². The van der Waals surface area contributed by atoms with Crippen LogP contribution in [0.25, 0.3) is 0 Å². The Morgan fingerprint density at radius 3 is 2.00 bits per heavy atom. The van der Waals surface area contributed by atoms with Gasteiger partial charge in [0.25, 0.3) is 0 Å². The van der Waals surface area contributed by atoms with E-state index in [1.165, 1.54) is 0 Å². The average molecular weight is 231 g/mol. The van der Waals surface area contributed by atoms with Crippen LogP contribution in [0, 0.1) is 23.4 Å². The molecule has 0 aliphatic carbocycles. The molecule has 0 bridgehead atoms. The minimum atomic E-state index is -1.43. The van der Waals surface area contributed by atoms with E-state index in [9.17, 15) is 13.2 Å². The fourth-order valence-corrected chi connectivity index (χ4v) is 1.69. The predicted octanol–water partition coefficient (Wildman–Crippen LogP) is 3.95. The van der Waals surface area contributed by atoms with E-state index in [2.05, 4.69) is 19.2 Å². The zero-order valence-electron chi connectivity index (χ0n) is 9.65. The summed E-state index contributed by atoms with van der Waals surface area (Å²) in [7, 11) is 0. The molecule has 90 valence electrons. The molecule has 0 saturated carbocycles. The molecule has 0 heterocycles. The minimum Gasteiger partial charge on any atom is -0.382 e. The maximum atomic E-state index is 12.9. The monoisotopic (exact) mass is 231 g/mol. The molecule has 0 aliphatic rings. The number of halogens is 3. The summed E-state index contributed by atoms with van der Waals surface area (Å²) in [6.07, 6.45) is 0.876. The van der Waals surface area contributed by atoms with Crippen molar-refractivity contribution in [1.29, 1.82) is 0 Å². The molecule has 16 heavy (non-hydrogen) atoms. The zero-order valence-corrected chi connectivity index (χ0v) is 9.65. The van der Waals surface area contributed by atoms with E-state index < -0.39 is 17.5 Å². The van der Waals surface area contributed by atoms with Gasteiger partial charge in [-0.05, 0) is 19.3 Å². The van der Waals surface area contributed by atoms with Gasteiger partial charge in [-0.3, -0.25) is 0 Å². The quantitative estimate of drug-likeness (QED) is 0.773. The molecule has 0 aliphatic heterocycles. The zero-order chi connectivity index (χ0) is 12.3. The molecule has 1 atom stereocenters. The SMILES string of the molecule is CC(C)CC(C)Nc1cc(F)c(F)c(F)c1. The van der Waals surface area contributed by atoms with Crippen LogP contribution in [-0.2, 0) is 0 Å². The van der Waals surface area contributed by atoms with E-state index >= 15 is 0 Å². The molecule has 0 amide bonds. The minimum absolute atomic E-state index is 0.0873. The summed E-state index contributed by atoms with van der Waals surface area (Å²) in [6, 6.07) is 2.02. The third-order valence-corrected chi connectivity index (χ3v) is 2.22. The van der Waals surface area contributed by atoms with Gasteiger partial charge in [-0.15, -0.1) is 0 Å². The standard InChI is InChI=1S/C12H16F3N/c1-7(2)4-8(3)16-9-5-10(13)12(15)11(14)6-9/h5-8,16H,4H2,1-3H3. The molecule has 4 heteroatoms. The summed E-state index contributed by atoms with van der Waals surface area (Å²) in [5.74, 6) is -3.28. The van der Waals surface area contributed by atoms with Gasteiger partial charge in [-0.25, -0.2) is 13.2 Å². The highest BCUT2D eigenvalue weighted by Gasteiger charge is 2.12. The fraction of sp³-hybridized carbons (Fsp3) is 0.500. The Hall–Kier alpha value is -1.19. The van der Waals surface area contributed by atoms with Crippen molar-refractivity contribution in [2.24, 2.45) is 5.92 Å². The summed E-state index contributed by atoms with van der Waals surface area (Å²) >= 11 is 0. The van der Waals surface area contributed by atoms with Gasteiger partial charge in [0.15, 0.2) is 17.5 Å². The predicted molar refractivity (Wildman–Crippen MR) is 58.9 cm³/mol. The van der Waals surface area contributed by atoms with Crippen molar-refractivity contribution in [2.45, 2.75) is 33.2 Å². The van der Waals surface area contributed by atoms with Gasteiger partial charge in [-0.2, -0.15) is 0 Å². The molecule has 0 spiro atoms. The maximum Gasteiger partial charge on any atom is 0.194 e. The highest BCUT2D eigenvalue weighted by atomic mass is 19.2. The van der Waals surface area contributed by atoms with E-state index in [1.54, 1.807) is 0 Å². The Morgan fingerprint density at radius 1 is 1.06 bits per heavy atom. The summed E-state index contributed by atoms with van der Waals surface area (Å²) in [5, 5.41) is 2.94. The number of hydrogen-bond acceptors (Lipinski definition) is 1. The van der Waals surface area contributed by atoms with Gasteiger partial charge < -0.3 is 5.32 Å². The van der Waals surface area contributed by atoms with Crippen LogP contribution in [0.5, 0.6) is 0 Å². The summed E-state index contributed by atoms with van der Waals surface area (Å²) < 4.78 is 38.5. The number of benzene rings is 1. The van der Waals surface area contributed by atoms with Crippen LogP contribution in [-0.4, -0.2) is 6.04 Å². The first-order valence-corrected chi connectivity index (χ1v) is 5.31. The Bertz CT molecular complexity index is 340. The number of hydrogen-bond donors (Lipinski definition) is 1. The summed E-state index contributed by atoms with van der Waals surface area (Å²) in [5.41, 5.74) is 0.268. The van der Waals surface area contributed by atoms with E-state index in [4.69, 9.17) is 0 Å². The Morgan fingerprint density at radius 2 is 1.56 bits per heavy atom. The van der Waals surface area contributed by atoms with Gasteiger partial charge in [0.05, 0.1) is 0 Å². The first kappa shape index (κ1) is 12.9. The number of nitrogens with one attached hydrogen (secondary N) is 1. The van der Waals surface area contributed by atoms with Crippen molar-refractivity contribution in [1.82, 2.24) is 0 Å². The third kappa shape index (κ3) is 3.43. The first-order chi connectivity index (χ1) is 7.40.